The molecular weight excluding hydrogens is 330 g/mol. The summed E-state index contributed by atoms with van der Waals surface area (Å²) >= 11 is 0. The zero-order valence-corrected chi connectivity index (χ0v) is 16.0. The fourth-order valence-corrected chi connectivity index (χ4v) is 3.60. The molecule has 1 aromatic heterocycles. The second-order valence-electron chi connectivity index (χ2n) is 7.73. The highest BCUT2D eigenvalue weighted by molar-refractivity contribution is 5.81. The topological polar surface area (TPSA) is 70.5 Å². The van der Waals surface area contributed by atoms with E-state index in [1.165, 1.54) is 0 Å². The predicted molar refractivity (Wildman–Crippen MR) is 99.6 cm³/mol. The van der Waals surface area contributed by atoms with Gasteiger partial charge in [0.15, 0.2) is 0 Å². The number of likely N-dealkylation sites (tertiary alicyclic amines) is 1. The fourth-order valence-electron chi connectivity index (χ4n) is 3.60. The lowest BCUT2D eigenvalue weighted by atomic mass is 9.97. The maximum absolute atomic E-state index is 12.3. The van der Waals surface area contributed by atoms with Gasteiger partial charge < -0.3 is 19.7 Å². The number of hydrogen-bond donors (Lipinski definition) is 1. The van der Waals surface area contributed by atoms with Crippen LogP contribution in [0.25, 0.3) is 0 Å². The molecular formula is C19H31N5O2. The Labute approximate surface area is 155 Å². The summed E-state index contributed by atoms with van der Waals surface area (Å²) in [6.45, 7) is 3.03. The van der Waals surface area contributed by atoms with Gasteiger partial charge in [-0.25, -0.2) is 9.78 Å². The number of piperidine rings is 1. The Hall–Kier alpha value is -2.05. The molecule has 0 aromatic carbocycles. The van der Waals surface area contributed by atoms with E-state index in [1.807, 2.05) is 29.8 Å². The van der Waals surface area contributed by atoms with E-state index in [2.05, 4.69) is 10.3 Å². The first-order valence-corrected chi connectivity index (χ1v) is 9.78. The first-order valence-electron chi connectivity index (χ1n) is 9.78. The number of rotatable bonds is 7. The third-order valence-electron chi connectivity index (χ3n) is 5.46. The maximum Gasteiger partial charge on any atom is 0.317 e. The van der Waals surface area contributed by atoms with Crippen LogP contribution in [0.15, 0.2) is 12.4 Å². The second kappa shape index (κ2) is 8.56. The van der Waals surface area contributed by atoms with Crippen LogP contribution in [-0.2, 0) is 18.3 Å². The number of aryl methyl sites for hydroxylation is 2. The molecule has 2 aliphatic rings. The quantitative estimate of drug-likeness (QED) is 0.803. The van der Waals surface area contributed by atoms with Crippen molar-refractivity contribution in [2.45, 2.75) is 38.5 Å². The van der Waals surface area contributed by atoms with Gasteiger partial charge in [-0.3, -0.25) is 4.79 Å². The second-order valence-corrected chi connectivity index (χ2v) is 7.73. The van der Waals surface area contributed by atoms with Gasteiger partial charge in [-0.2, -0.15) is 0 Å². The molecule has 1 saturated carbocycles. The van der Waals surface area contributed by atoms with Gasteiger partial charge in [0.25, 0.3) is 0 Å². The van der Waals surface area contributed by atoms with E-state index in [1.54, 1.807) is 11.1 Å². The van der Waals surface area contributed by atoms with Crippen molar-refractivity contribution in [1.82, 2.24) is 24.7 Å². The van der Waals surface area contributed by atoms with Gasteiger partial charge in [0.2, 0.25) is 5.91 Å². The van der Waals surface area contributed by atoms with Crippen LogP contribution in [0.4, 0.5) is 4.79 Å². The van der Waals surface area contributed by atoms with Crippen LogP contribution in [0.1, 0.15) is 37.9 Å². The Balaban J connectivity index is 1.34. The number of carbonyl (C=O) groups is 2. The highest BCUT2D eigenvalue weighted by Gasteiger charge is 2.35. The van der Waals surface area contributed by atoms with Crippen molar-refractivity contribution < 1.29 is 9.59 Å². The number of urea groups is 1. The minimum absolute atomic E-state index is 0.0320. The lowest BCUT2D eigenvalue weighted by molar-refractivity contribution is -0.134. The number of hydrogen-bond acceptors (Lipinski definition) is 3. The summed E-state index contributed by atoms with van der Waals surface area (Å²) in [4.78, 5) is 32.6. The van der Waals surface area contributed by atoms with E-state index >= 15 is 0 Å². The maximum atomic E-state index is 12.3. The number of amides is 3. The number of nitrogens with zero attached hydrogens (tertiary/aromatic N) is 4. The van der Waals surface area contributed by atoms with Crippen molar-refractivity contribution in [2.75, 3.05) is 33.2 Å². The zero-order chi connectivity index (χ0) is 18.5. The molecule has 144 valence electrons. The highest BCUT2D eigenvalue weighted by atomic mass is 16.2. The van der Waals surface area contributed by atoms with Gasteiger partial charge in [0.1, 0.15) is 5.82 Å². The molecule has 2 fully saturated rings. The van der Waals surface area contributed by atoms with Gasteiger partial charge in [0.05, 0.1) is 0 Å². The van der Waals surface area contributed by atoms with Crippen LogP contribution in [0, 0.1) is 11.8 Å². The monoisotopic (exact) mass is 361 g/mol. The first-order chi connectivity index (χ1) is 12.5. The number of aromatic nitrogens is 2. The third kappa shape index (κ3) is 4.99. The number of carbonyl (C=O) groups excluding carboxylic acids is 2. The minimum atomic E-state index is -0.0320. The molecule has 0 unspecified atom stereocenters. The molecule has 0 radical (unpaired) electrons. The van der Waals surface area contributed by atoms with E-state index < -0.39 is 0 Å². The summed E-state index contributed by atoms with van der Waals surface area (Å²) in [5.74, 6) is 2.03. The fraction of sp³-hybridized carbons (Fsp3) is 0.737. The molecule has 1 aromatic rings. The molecule has 3 rings (SSSR count). The molecule has 1 aliphatic heterocycles. The van der Waals surface area contributed by atoms with Gasteiger partial charge in [-0.05, 0) is 38.0 Å². The molecule has 1 saturated heterocycles. The molecule has 3 amide bonds. The van der Waals surface area contributed by atoms with Gasteiger partial charge >= 0.3 is 6.03 Å². The summed E-state index contributed by atoms with van der Waals surface area (Å²) in [6.07, 6.45) is 9.72. The standard InChI is InChI=1S/C19H31N5O2/c1-22-12-9-20-17(22)6-4-10-23(2)19(26)21-13-15-5-3-11-24(14-15)18(25)16-7-8-16/h9,12,15-16H,3-8,10-11,13-14H2,1-2H3,(H,21,26)/t15-/m1/s1. The SMILES string of the molecule is CN(CCCc1nccn1C)C(=O)NC[C@H]1CCCN(C(=O)C2CC2)C1. The smallest absolute Gasteiger partial charge is 0.317 e. The molecule has 2 heterocycles. The Morgan fingerprint density at radius 2 is 2.15 bits per heavy atom. The Kier molecular flexibility index (Phi) is 6.16. The van der Waals surface area contributed by atoms with Gasteiger partial charge in [-0.1, -0.05) is 0 Å². The van der Waals surface area contributed by atoms with Crippen LogP contribution < -0.4 is 5.32 Å². The Morgan fingerprint density at radius 1 is 1.35 bits per heavy atom. The summed E-state index contributed by atoms with van der Waals surface area (Å²) in [5, 5.41) is 3.04. The molecule has 1 N–H and O–H groups in total. The van der Waals surface area contributed by atoms with E-state index in [9.17, 15) is 9.59 Å². The van der Waals surface area contributed by atoms with Crippen LogP contribution in [0.5, 0.6) is 0 Å². The van der Waals surface area contributed by atoms with Crippen molar-refractivity contribution in [2.24, 2.45) is 18.9 Å². The average molecular weight is 361 g/mol. The normalized spacial score (nSPS) is 20.1. The Morgan fingerprint density at radius 3 is 2.85 bits per heavy atom. The lowest BCUT2D eigenvalue weighted by Crippen LogP contribution is -2.46. The molecule has 0 bridgehead atoms. The Bertz CT molecular complexity index is 625. The minimum Gasteiger partial charge on any atom is -0.342 e. The zero-order valence-electron chi connectivity index (χ0n) is 16.0. The lowest BCUT2D eigenvalue weighted by Gasteiger charge is -2.33. The van der Waals surface area contributed by atoms with Crippen LogP contribution in [0.3, 0.4) is 0 Å². The molecule has 0 spiro atoms. The van der Waals surface area contributed by atoms with Crippen molar-refractivity contribution in [3.63, 3.8) is 0 Å². The number of imidazole rings is 1. The molecule has 1 aliphatic carbocycles. The van der Waals surface area contributed by atoms with Crippen LogP contribution >= 0.6 is 0 Å². The van der Waals surface area contributed by atoms with Crippen molar-refractivity contribution in [3.05, 3.63) is 18.2 Å². The summed E-state index contributed by atoms with van der Waals surface area (Å²) in [7, 11) is 3.82. The molecule has 26 heavy (non-hydrogen) atoms. The van der Waals surface area contributed by atoms with Gasteiger partial charge in [-0.15, -0.1) is 0 Å². The first kappa shape index (κ1) is 18.7. The van der Waals surface area contributed by atoms with Crippen molar-refractivity contribution >= 4 is 11.9 Å². The number of nitrogens with one attached hydrogen (secondary N) is 1. The van der Waals surface area contributed by atoms with Crippen molar-refractivity contribution in [3.8, 4) is 0 Å². The van der Waals surface area contributed by atoms with Crippen LogP contribution in [0.2, 0.25) is 0 Å². The third-order valence-corrected chi connectivity index (χ3v) is 5.46. The van der Waals surface area contributed by atoms with E-state index in [-0.39, 0.29) is 11.9 Å². The molecule has 7 heteroatoms. The summed E-state index contributed by atoms with van der Waals surface area (Å²) in [6, 6.07) is -0.0320. The van der Waals surface area contributed by atoms with E-state index in [0.717, 1.165) is 57.4 Å². The molecule has 1 atom stereocenters. The summed E-state index contributed by atoms with van der Waals surface area (Å²) < 4.78 is 2.01. The van der Waals surface area contributed by atoms with E-state index in [4.69, 9.17) is 0 Å². The van der Waals surface area contributed by atoms with Crippen LogP contribution in [-0.4, -0.2) is 64.5 Å². The van der Waals surface area contributed by atoms with Crippen molar-refractivity contribution in [1.29, 1.82) is 0 Å². The van der Waals surface area contributed by atoms with E-state index in [0.29, 0.717) is 24.9 Å². The molecule has 7 nitrogen and oxygen atoms in total. The summed E-state index contributed by atoms with van der Waals surface area (Å²) in [5.41, 5.74) is 0. The predicted octanol–water partition coefficient (Wildman–Crippen LogP) is 1.64. The average Bonchev–Trinajstić information content (AvgIpc) is 3.42. The van der Waals surface area contributed by atoms with Gasteiger partial charge in [0, 0.05) is 65.0 Å². The highest BCUT2D eigenvalue weighted by Crippen LogP contribution is 2.32. The largest absolute Gasteiger partial charge is 0.342 e.